The van der Waals surface area contributed by atoms with Crippen LogP contribution in [-0.4, -0.2) is 32.0 Å². The summed E-state index contributed by atoms with van der Waals surface area (Å²) in [6.45, 7) is 1.67. The highest BCUT2D eigenvalue weighted by molar-refractivity contribution is 4.79. The van der Waals surface area contributed by atoms with Gasteiger partial charge in [-0.1, -0.05) is 26.2 Å². The first-order valence-electron chi connectivity index (χ1n) is 6.41. The maximum atomic E-state index is 11.8. The van der Waals surface area contributed by atoms with Gasteiger partial charge in [-0.3, -0.25) is 0 Å². The molecule has 1 fully saturated rings. The van der Waals surface area contributed by atoms with Crippen molar-refractivity contribution >= 4 is 0 Å². The van der Waals surface area contributed by atoms with Crippen LogP contribution in [0.3, 0.4) is 0 Å². The largest absolute Gasteiger partial charge is 0.411 e. The Balaban J connectivity index is 2.08. The molecule has 0 bridgehead atoms. The Bertz CT molecular complexity index is 208. The Kier molecular flexibility index (Phi) is 6.27. The maximum absolute atomic E-state index is 11.8. The van der Waals surface area contributed by atoms with Crippen LogP contribution in [0.15, 0.2) is 0 Å². The zero-order valence-corrected chi connectivity index (χ0v) is 10.4. The molecule has 1 N–H and O–H groups in total. The molecule has 0 amide bonds. The molecule has 2 atom stereocenters. The first kappa shape index (κ1) is 14.8. The number of nitrogens with one attached hydrogen (secondary N) is 1. The van der Waals surface area contributed by atoms with E-state index in [1.807, 2.05) is 0 Å². The standard InChI is InChI=1S/C12H22F3NO/c1-2-10-5-3-4-6-11(10)16-7-8-17-9-12(13,14)15/h10-11,16H,2-9H2,1H3. The summed E-state index contributed by atoms with van der Waals surface area (Å²) < 4.78 is 40.0. The summed E-state index contributed by atoms with van der Waals surface area (Å²) in [4.78, 5) is 0. The lowest BCUT2D eigenvalue weighted by Crippen LogP contribution is -2.40. The number of halogens is 3. The van der Waals surface area contributed by atoms with Crippen molar-refractivity contribution in [2.24, 2.45) is 5.92 Å². The maximum Gasteiger partial charge on any atom is 0.411 e. The first-order valence-corrected chi connectivity index (χ1v) is 6.41. The molecule has 0 heterocycles. The lowest BCUT2D eigenvalue weighted by atomic mass is 9.83. The fourth-order valence-electron chi connectivity index (χ4n) is 2.47. The Morgan fingerprint density at radius 1 is 1.24 bits per heavy atom. The summed E-state index contributed by atoms with van der Waals surface area (Å²) in [5.41, 5.74) is 0. The number of hydrogen-bond donors (Lipinski definition) is 1. The zero-order chi connectivity index (χ0) is 12.7. The first-order chi connectivity index (χ1) is 8.03. The lowest BCUT2D eigenvalue weighted by Gasteiger charge is -2.31. The highest BCUT2D eigenvalue weighted by Gasteiger charge is 2.27. The SMILES string of the molecule is CCC1CCCCC1NCCOCC(F)(F)F. The average molecular weight is 253 g/mol. The lowest BCUT2D eigenvalue weighted by molar-refractivity contribution is -0.173. The number of rotatable bonds is 6. The molecule has 0 radical (unpaired) electrons. The third-order valence-corrected chi connectivity index (χ3v) is 3.35. The van der Waals surface area contributed by atoms with E-state index in [9.17, 15) is 13.2 Å². The molecule has 0 aliphatic heterocycles. The molecule has 1 aliphatic carbocycles. The van der Waals surface area contributed by atoms with E-state index in [1.165, 1.54) is 19.3 Å². The zero-order valence-electron chi connectivity index (χ0n) is 10.4. The van der Waals surface area contributed by atoms with Gasteiger partial charge in [-0.25, -0.2) is 0 Å². The van der Waals surface area contributed by atoms with Gasteiger partial charge in [0.05, 0.1) is 6.61 Å². The normalized spacial score (nSPS) is 26.1. The van der Waals surface area contributed by atoms with Crippen LogP contribution in [0, 0.1) is 5.92 Å². The molecule has 0 aromatic carbocycles. The van der Waals surface area contributed by atoms with Crippen LogP contribution in [0.4, 0.5) is 13.2 Å². The summed E-state index contributed by atoms with van der Waals surface area (Å²) in [5.74, 6) is 0.673. The molecule has 17 heavy (non-hydrogen) atoms. The monoisotopic (exact) mass is 253 g/mol. The second kappa shape index (κ2) is 7.21. The molecular formula is C12H22F3NO. The minimum absolute atomic E-state index is 0.131. The third-order valence-electron chi connectivity index (χ3n) is 3.35. The molecule has 102 valence electrons. The van der Waals surface area contributed by atoms with Crippen LogP contribution >= 0.6 is 0 Å². The highest BCUT2D eigenvalue weighted by atomic mass is 19.4. The van der Waals surface area contributed by atoms with Crippen LogP contribution in [-0.2, 0) is 4.74 Å². The topological polar surface area (TPSA) is 21.3 Å². The van der Waals surface area contributed by atoms with E-state index >= 15 is 0 Å². The molecular weight excluding hydrogens is 231 g/mol. The minimum atomic E-state index is -4.21. The fraction of sp³-hybridized carbons (Fsp3) is 1.00. The Morgan fingerprint density at radius 2 is 1.94 bits per heavy atom. The van der Waals surface area contributed by atoms with Crippen molar-refractivity contribution in [3.63, 3.8) is 0 Å². The van der Waals surface area contributed by atoms with Crippen molar-refractivity contribution < 1.29 is 17.9 Å². The van der Waals surface area contributed by atoms with Gasteiger partial charge in [0.25, 0.3) is 0 Å². The van der Waals surface area contributed by atoms with Gasteiger partial charge in [-0.2, -0.15) is 13.2 Å². The van der Waals surface area contributed by atoms with Crippen LogP contribution in [0.2, 0.25) is 0 Å². The number of alkyl halides is 3. The van der Waals surface area contributed by atoms with Gasteiger partial charge in [-0.15, -0.1) is 0 Å². The predicted molar refractivity (Wildman–Crippen MR) is 60.9 cm³/mol. The number of ether oxygens (including phenoxy) is 1. The summed E-state index contributed by atoms with van der Waals surface area (Å²) in [5, 5.41) is 3.32. The van der Waals surface area contributed by atoms with E-state index in [0.717, 1.165) is 12.8 Å². The van der Waals surface area contributed by atoms with E-state index < -0.39 is 12.8 Å². The van der Waals surface area contributed by atoms with Gasteiger partial charge >= 0.3 is 6.18 Å². The minimum Gasteiger partial charge on any atom is -0.371 e. The molecule has 1 saturated carbocycles. The van der Waals surface area contributed by atoms with Crippen molar-refractivity contribution in [2.45, 2.75) is 51.2 Å². The van der Waals surface area contributed by atoms with Gasteiger partial charge in [0.15, 0.2) is 0 Å². The van der Waals surface area contributed by atoms with Crippen LogP contribution < -0.4 is 5.32 Å². The number of hydrogen-bond acceptors (Lipinski definition) is 2. The third kappa shape index (κ3) is 6.27. The van der Waals surface area contributed by atoms with E-state index in [4.69, 9.17) is 0 Å². The van der Waals surface area contributed by atoms with Crippen molar-refractivity contribution in [1.29, 1.82) is 0 Å². The van der Waals surface area contributed by atoms with Crippen molar-refractivity contribution in [1.82, 2.24) is 5.32 Å². The van der Waals surface area contributed by atoms with E-state index in [1.54, 1.807) is 0 Å². The Hall–Kier alpha value is -0.290. The molecule has 0 spiro atoms. The summed E-state index contributed by atoms with van der Waals surface area (Å²) in [6, 6.07) is 0.461. The highest BCUT2D eigenvalue weighted by Crippen LogP contribution is 2.26. The Morgan fingerprint density at radius 3 is 2.59 bits per heavy atom. The van der Waals surface area contributed by atoms with Crippen molar-refractivity contribution in [3.05, 3.63) is 0 Å². The molecule has 1 aliphatic rings. The van der Waals surface area contributed by atoms with E-state index in [-0.39, 0.29) is 6.61 Å². The van der Waals surface area contributed by atoms with Crippen LogP contribution in [0.1, 0.15) is 39.0 Å². The molecule has 2 unspecified atom stereocenters. The molecule has 5 heteroatoms. The molecule has 0 aromatic rings. The van der Waals surface area contributed by atoms with E-state index in [0.29, 0.717) is 18.5 Å². The van der Waals surface area contributed by atoms with E-state index in [2.05, 4.69) is 17.0 Å². The van der Waals surface area contributed by atoms with Crippen molar-refractivity contribution in [2.75, 3.05) is 19.8 Å². The van der Waals surface area contributed by atoms with Gasteiger partial charge in [0, 0.05) is 12.6 Å². The van der Waals surface area contributed by atoms with Gasteiger partial charge < -0.3 is 10.1 Å². The fourth-order valence-corrected chi connectivity index (χ4v) is 2.47. The summed E-state index contributed by atoms with van der Waals surface area (Å²) >= 11 is 0. The molecule has 1 rings (SSSR count). The van der Waals surface area contributed by atoms with Crippen LogP contribution in [0.5, 0.6) is 0 Å². The van der Waals surface area contributed by atoms with Gasteiger partial charge in [-0.05, 0) is 18.8 Å². The van der Waals surface area contributed by atoms with Gasteiger partial charge in [0.2, 0.25) is 0 Å². The molecule has 0 saturated heterocycles. The van der Waals surface area contributed by atoms with Crippen LogP contribution in [0.25, 0.3) is 0 Å². The Labute approximate surface area is 101 Å². The second-order valence-corrected chi connectivity index (χ2v) is 4.68. The predicted octanol–water partition coefficient (Wildman–Crippen LogP) is 3.12. The second-order valence-electron chi connectivity index (χ2n) is 4.68. The quantitative estimate of drug-likeness (QED) is 0.734. The average Bonchev–Trinajstić information content (AvgIpc) is 2.27. The molecule has 0 aromatic heterocycles. The molecule has 2 nitrogen and oxygen atoms in total. The summed E-state index contributed by atoms with van der Waals surface area (Å²) in [6.07, 6.45) is 1.80. The van der Waals surface area contributed by atoms with Crippen molar-refractivity contribution in [3.8, 4) is 0 Å². The summed E-state index contributed by atoms with van der Waals surface area (Å²) in [7, 11) is 0. The smallest absolute Gasteiger partial charge is 0.371 e. The van der Waals surface area contributed by atoms with Gasteiger partial charge in [0.1, 0.15) is 6.61 Å².